The number of amides is 1. The molecule has 0 spiro atoms. The Morgan fingerprint density at radius 3 is 2.70 bits per heavy atom. The van der Waals surface area contributed by atoms with E-state index in [1.165, 1.54) is 0 Å². The Bertz CT molecular complexity index is 487. The monoisotopic (exact) mass is 274 g/mol. The fourth-order valence-corrected chi connectivity index (χ4v) is 2.17. The Labute approximate surface area is 118 Å². The zero-order chi connectivity index (χ0) is 14.4. The van der Waals surface area contributed by atoms with Crippen molar-refractivity contribution in [3.8, 4) is 6.07 Å². The number of aromatic nitrogens is 1. The van der Waals surface area contributed by atoms with Crippen LogP contribution in [0.5, 0.6) is 0 Å². The molecule has 1 fully saturated rings. The predicted molar refractivity (Wildman–Crippen MR) is 74.2 cm³/mol. The summed E-state index contributed by atoms with van der Waals surface area (Å²) in [4.78, 5) is 20.1. The van der Waals surface area contributed by atoms with E-state index in [1.807, 2.05) is 11.0 Å². The molecule has 1 amide bonds. The molecule has 0 aromatic carbocycles. The predicted octanol–water partition coefficient (Wildman–Crippen LogP) is 0.638. The topological polar surface area (TPSA) is 69.5 Å². The molecule has 2 heterocycles. The fourth-order valence-electron chi connectivity index (χ4n) is 2.17. The minimum atomic E-state index is 0.138. The number of anilines is 1. The second-order valence-electron chi connectivity index (χ2n) is 4.63. The average Bonchev–Trinajstić information content (AvgIpc) is 2.53. The summed E-state index contributed by atoms with van der Waals surface area (Å²) in [7, 11) is 1.60. The molecule has 0 N–H and O–H groups in total. The highest BCUT2D eigenvalue weighted by Crippen LogP contribution is 2.14. The van der Waals surface area contributed by atoms with Gasteiger partial charge in [0.2, 0.25) is 5.91 Å². The van der Waals surface area contributed by atoms with Crippen LogP contribution >= 0.6 is 0 Å². The molecule has 0 aliphatic carbocycles. The third-order valence-electron chi connectivity index (χ3n) is 3.35. The minimum Gasteiger partial charge on any atom is -0.384 e. The lowest BCUT2D eigenvalue weighted by Gasteiger charge is -2.35. The summed E-state index contributed by atoms with van der Waals surface area (Å²) in [6.07, 6.45) is 2.01. The van der Waals surface area contributed by atoms with E-state index in [2.05, 4.69) is 16.0 Å². The lowest BCUT2D eigenvalue weighted by Crippen LogP contribution is -2.49. The summed E-state index contributed by atoms with van der Waals surface area (Å²) in [6, 6.07) is 5.66. The molecule has 6 nitrogen and oxygen atoms in total. The number of hydrogen-bond acceptors (Lipinski definition) is 5. The van der Waals surface area contributed by atoms with E-state index in [-0.39, 0.29) is 5.91 Å². The van der Waals surface area contributed by atoms with Crippen molar-refractivity contribution >= 4 is 11.7 Å². The molecule has 0 radical (unpaired) electrons. The van der Waals surface area contributed by atoms with Gasteiger partial charge in [-0.05, 0) is 12.1 Å². The van der Waals surface area contributed by atoms with Gasteiger partial charge in [-0.25, -0.2) is 4.98 Å². The van der Waals surface area contributed by atoms with Crippen LogP contribution in [0, 0.1) is 11.3 Å². The number of pyridine rings is 1. The first-order chi connectivity index (χ1) is 9.74. The van der Waals surface area contributed by atoms with Crippen LogP contribution in [-0.4, -0.2) is 55.7 Å². The van der Waals surface area contributed by atoms with Crippen molar-refractivity contribution in [1.82, 2.24) is 9.88 Å². The van der Waals surface area contributed by atoms with Crippen LogP contribution in [0.2, 0.25) is 0 Å². The van der Waals surface area contributed by atoms with E-state index < -0.39 is 0 Å². The Morgan fingerprint density at radius 2 is 2.15 bits per heavy atom. The SMILES string of the molecule is COCCC(=O)N1CCN(c2ccc(C#N)cn2)CC1. The third kappa shape index (κ3) is 3.45. The lowest BCUT2D eigenvalue weighted by molar-refractivity contribution is -0.132. The van der Waals surface area contributed by atoms with Crippen LogP contribution in [-0.2, 0) is 9.53 Å². The molecule has 20 heavy (non-hydrogen) atoms. The third-order valence-corrected chi connectivity index (χ3v) is 3.35. The second kappa shape index (κ2) is 6.87. The van der Waals surface area contributed by atoms with Crippen LogP contribution in [0.15, 0.2) is 18.3 Å². The highest BCUT2D eigenvalue weighted by atomic mass is 16.5. The van der Waals surface area contributed by atoms with Gasteiger partial charge in [-0.2, -0.15) is 5.26 Å². The molecule has 0 saturated carbocycles. The van der Waals surface area contributed by atoms with Gasteiger partial charge in [0, 0.05) is 39.5 Å². The number of rotatable bonds is 4. The molecule has 0 bridgehead atoms. The van der Waals surface area contributed by atoms with E-state index >= 15 is 0 Å². The molecule has 1 aliphatic heterocycles. The van der Waals surface area contributed by atoms with Gasteiger partial charge >= 0.3 is 0 Å². The van der Waals surface area contributed by atoms with Gasteiger partial charge in [0.15, 0.2) is 0 Å². The molecule has 1 aromatic rings. The van der Waals surface area contributed by atoms with E-state index in [4.69, 9.17) is 10.00 Å². The smallest absolute Gasteiger partial charge is 0.225 e. The summed E-state index contributed by atoms with van der Waals surface area (Å²) < 4.78 is 4.92. The number of piperazine rings is 1. The number of carbonyl (C=O) groups is 1. The highest BCUT2D eigenvalue weighted by Gasteiger charge is 2.21. The van der Waals surface area contributed by atoms with Crippen molar-refractivity contribution in [2.75, 3.05) is 44.8 Å². The summed E-state index contributed by atoms with van der Waals surface area (Å²) in [6.45, 7) is 3.39. The van der Waals surface area contributed by atoms with Crippen molar-refractivity contribution in [2.45, 2.75) is 6.42 Å². The van der Waals surface area contributed by atoms with Crippen molar-refractivity contribution < 1.29 is 9.53 Å². The van der Waals surface area contributed by atoms with E-state index in [1.54, 1.807) is 19.4 Å². The number of carbonyl (C=O) groups excluding carboxylic acids is 1. The number of ether oxygens (including phenoxy) is 1. The Balaban J connectivity index is 1.87. The first kappa shape index (κ1) is 14.3. The first-order valence-electron chi connectivity index (χ1n) is 6.62. The number of methoxy groups -OCH3 is 1. The zero-order valence-electron chi connectivity index (χ0n) is 11.6. The molecule has 106 valence electrons. The van der Waals surface area contributed by atoms with E-state index in [0.29, 0.717) is 31.7 Å². The van der Waals surface area contributed by atoms with Gasteiger partial charge < -0.3 is 14.5 Å². The summed E-state index contributed by atoms with van der Waals surface area (Å²) in [5, 5.41) is 8.75. The number of nitrogens with zero attached hydrogens (tertiary/aromatic N) is 4. The van der Waals surface area contributed by atoms with Gasteiger partial charge in [-0.3, -0.25) is 4.79 Å². The quantitative estimate of drug-likeness (QED) is 0.806. The summed E-state index contributed by atoms with van der Waals surface area (Å²) in [5.74, 6) is 0.993. The molecule has 6 heteroatoms. The van der Waals surface area contributed by atoms with Crippen LogP contribution in [0.3, 0.4) is 0 Å². The minimum absolute atomic E-state index is 0.138. The van der Waals surface area contributed by atoms with Gasteiger partial charge in [0.1, 0.15) is 11.9 Å². The van der Waals surface area contributed by atoms with Crippen LogP contribution in [0.1, 0.15) is 12.0 Å². The maximum atomic E-state index is 11.9. The Morgan fingerprint density at radius 1 is 1.40 bits per heavy atom. The van der Waals surface area contributed by atoms with Crippen molar-refractivity contribution in [3.63, 3.8) is 0 Å². The fraction of sp³-hybridized carbons (Fsp3) is 0.500. The normalized spacial score (nSPS) is 15.0. The number of hydrogen-bond donors (Lipinski definition) is 0. The Kier molecular flexibility index (Phi) is 4.91. The Hall–Kier alpha value is -2.13. The van der Waals surface area contributed by atoms with Gasteiger partial charge in [0.25, 0.3) is 0 Å². The molecule has 1 aromatic heterocycles. The van der Waals surface area contributed by atoms with Gasteiger partial charge in [0.05, 0.1) is 18.6 Å². The maximum Gasteiger partial charge on any atom is 0.225 e. The first-order valence-corrected chi connectivity index (χ1v) is 6.62. The van der Waals surface area contributed by atoms with Crippen LogP contribution in [0.4, 0.5) is 5.82 Å². The van der Waals surface area contributed by atoms with Crippen LogP contribution < -0.4 is 4.90 Å². The highest BCUT2D eigenvalue weighted by molar-refractivity contribution is 5.76. The molecule has 0 atom stereocenters. The van der Waals surface area contributed by atoms with Crippen LogP contribution in [0.25, 0.3) is 0 Å². The molecular formula is C14H18N4O2. The van der Waals surface area contributed by atoms with Gasteiger partial charge in [-0.15, -0.1) is 0 Å². The molecule has 1 saturated heterocycles. The summed E-state index contributed by atoms with van der Waals surface area (Å²) in [5.41, 5.74) is 0.558. The number of nitriles is 1. The molecule has 1 aliphatic rings. The largest absolute Gasteiger partial charge is 0.384 e. The van der Waals surface area contributed by atoms with E-state index in [9.17, 15) is 4.79 Å². The average molecular weight is 274 g/mol. The molecule has 0 unspecified atom stereocenters. The molecule has 2 rings (SSSR count). The maximum absolute atomic E-state index is 11.9. The van der Waals surface area contributed by atoms with Crippen molar-refractivity contribution in [1.29, 1.82) is 5.26 Å². The summed E-state index contributed by atoms with van der Waals surface area (Å²) >= 11 is 0. The van der Waals surface area contributed by atoms with Crippen molar-refractivity contribution in [2.24, 2.45) is 0 Å². The van der Waals surface area contributed by atoms with E-state index in [0.717, 1.165) is 18.9 Å². The molecular weight excluding hydrogens is 256 g/mol. The second-order valence-corrected chi connectivity index (χ2v) is 4.63. The van der Waals surface area contributed by atoms with Crippen molar-refractivity contribution in [3.05, 3.63) is 23.9 Å². The lowest BCUT2D eigenvalue weighted by atomic mass is 10.2. The standard InChI is InChI=1S/C14H18N4O2/c1-20-9-4-14(19)18-7-5-17(6-8-18)13-3-2-12(10-15)11-16-13/h2-3,11H,4-9H2,1H3. The van der Waals surface area contributed by atoms with Gasteiger partial charge in [-0.1, -0.05) is 0 Å². The zero-order valence-corrected chi connectivity index (χ0v) is 11.6.